The van der Waals surface area contributed by atoms with Crippen LogP contribution in [-0.2, 0) is 11.2 Å². The van der Waals surface area contributed by atoms with Crippen molar-refractivity contribution in [3.05, 3.63) is 29.6 Å². The number of rotatable bonds is 3. The molecule has 104 valence electrons. The van der Waals surface area contributed by atoms with E-state index in [9.17, 15) is 0 Å². The van der Waals surface area contributed by atoms with E-state index in [0.717, 1.165) is 32.3 Å². The van der Waals surface area contributed by atoms with Crippen molar-refractivity contribution in [1.29, 1.82) is 0 Å². The van der Waals surface area contributed by atoms with Gasteiger partial charge in [0.1, 0.15) is 0 Å². The second-order valence-electron chi connectivity index (χ2n) is 5.96. The van der Waals surface area contributed by atoms with E-state index in [1.165, 1.54) is 17.7 Å². The maximum atomic E-state index is 5.99. The normalized spacial score (nSPS) is 32.0. The lowest BCUT2D eigenvalue weighted by atomic mass is 9.75. The molecule has 1 aliphatic heterocycles. The number of pyridine rings is 1. The van der Waals surface area contributed by atoms with Crippen LogP contribution in [0.3, 0.4) is 0 Å². The largest absolute Gasteiger partial charge is 0.374 e. The summed E-state index contributed by atoms with van der Waals surface area (Å²) in [6.45, 7) is 3.03. The molecule has 3 N–H and O–H groups in total. The van der Waals surface area contributed by atoms with E-state index < -0.39 is 0 Å². The molecule has 1 aromatic heterocycles. The van der Waals surface area contributed by atoms with Crippen molar-refractivity contribution in [2.75, 3.05) is 6.61 Å². The van der Waals surface area contributed by atoms with E-state index in [0.29, 0.717) is 5.92 Å². The molecule has 4 nitrogen and oxygen atoms in total. The molecule has 19 heavy (non-hydrogen) atoms. The van der Waals surface area contributed by atoms with E-state index in [2.05, 4.69) is 23.4 Å². The van der Waals surface area contributed by atoms with Gasteiger partial charge in [-0.25, -0.2) is 0 Å². The summed E-state index contributed by atoms with van der Waals surface area (Å²) in [7, 11) is 0. The molecule has 0 aromatic carbocycles. The van der Waals surface area contributed by atoms with Crippen LogP contribution in [0.25, 0.3) is 0 Å². The number of nitrogens with one attached hydrogen (secondary N) is 1. The highest BCUT2D eigenvalue weighted by Crippen LogP contribution is 2.40. The van der Waals surface area contributed by atoms with Crippen molar-refractivity contribution < 1.29 is 4.74 Å². The first kappa shape index (κ1) is 13.0. The van der Waals surface area contributed by atoms with Gasteiger partial charge in [0, 0.05) is 24.4 Å². The SMILES string of the molecule is CC1(C(NN)C2CCCc3cccnc32)CCCO1. The van der Waals surface area contributed by atoms with E-state index in [1.807, 2.05) is 12.3 Å². The van der Waals surface area contributed by atoms with E-state index in [1.54, 1.807) is 0 Å². The number of nitrogens with two attached hydrogens (primary N) is 1. The molecular formula is C15H23N3O. The molecule has 3 atom stereocenters. The fourth-order valence-electron chi connectivity index (χ4n) is 3.73. The van der Waals surface area contributed by atoms with Crippen LogP contribution in [0.5, 0.6) is 0 Å². The monoisotopic (exact) mass is 261 g/mol. The van der Waals surface area contributed by atoms with Crippen LogP contribution in [0.4, 0.5) is 0 Å². The second-order valence-corrected chi connectivity index (χ2v) is 5.96. The predicted octanol–water partition coefficient (Wildman–Crippen LogP) is 1.90. The summed E-state index contributed by atoms with van der Waals surface area (Å²) in [5.41, 5.74) is 5.46. The summed E-state index contributed by atoms with van der Waals surface area (Å²) >= 11 is 0. The molecule has 1 saturated heterocycles. The van der Waals surface area contributed by atoms with Crippen molar-refractivity contribution in [3.8, 4) is 0 Å². The van der Waals surface area contributed by atoms with Gasteiger partial charge in [-0.2, -0.15) is 0 Å². The summed E-state index contributed by atoms with van der Waals surface area (Å²) in [6, 6.07) is 4.36. The van der Waals surface area contributed by atoms with E-state index >= 15 is 0 Å². The fourth-order valence-corrected chi connectivity index (χ4v) is 3.73. The van der Waals surface area contributed by atoms with Gasteiger partial charge < -0.3 is 4.74 Å². The number of hydrogen-bond acceptors (Lipinski definition) is 4. The molecule has 2 heterocycles. The maximum absolute atomic E-state index is 5.99. The number of aromatic nitrogens is 1. The van der Waals surface area contributed by atoms with E-state index in [4.69, 9.17) is 10.6 Å². The minimum atomic E-state index is -0.161. The van der Waals surface area contributed by atoms with Gasteiger partial charge >= 0.3 is 0 Å². The number of hydrogen-bond donors (Lipinski definition) is 2. The summed E-state index contributed by atoms with van der Waals surface area (Å²) in [5.74, 6) is 6.23. The molecule has 3 unspecified atom stereocenters. The van der Waals surface area contributed by atoms with Gasteiger partial charge in [-0.05, 0) is 50.7 Å². The molecule has 4 heteroatoms. The molecule has 0 saturated carbocycles. The quantitative estimate of drug-likeness (QED) is 0.644. The molecule has 0 bridgehead atoms. The Kier molecular flexibility index (Phi) is 3.56. The summed E-state index contributed by atoms with van der Waals surface area (Å²) < 4.78 is 5.99. The van der Waals surface area contributed by atoms with Gasteiger partial charge in [0.05, 0.1) is 11.6 Å². The Morgan fingerprint density at radius 2 is 2.42 bits per heavy atom. The standard InChI is InChI=1S/C15H23N3O/c1-15(8-4-10-19-15)14(18-16)12-7-2-5-11-6-3-9-17-13(11)12/h3,6,9,12,14,18H,2,4-5,7-8,10,16H2,1H3. The Labute approximate surface area is 114 Å². The first-order chi connectivity index (χ1) is 9.24. The van der Waals surface area contributed by atoms with Crippen LogP contribution in [0, 0.1) is 0 Å². The first-order valence-corrected chi connectivity index (χ1v) is 7.28. The Morgan fingerprint density at radius 3 is 3.16 bits per heavy atom. The third-order valence-corrected chi connectivity index (χ3v) is 4.73. The lowest BCUT2D eigenvalue weighted by molar-refractivity contribution is -0.0213. The van der Waals surface area contributed by atoms with Crippen LogP contribution in [0.2, 0.25) is 0 Å². The number of aryl methyl sites for hydroxylation is 1. The zero-order valence-corrected chi connectivity index (χ0v) is 11.6. The Hall–Kier alpha value is -0.970. The molecular weight excluding hydrogens is 238 g/mol. The van der Waals surface area contributed by atoms with Gasteiger partial charge in [-0.1, -0.05) is 6.07 Å². The highest BCUT2D eigenvalue weighted by Gasteiger charge is 2.44. The molecule has 1 fully saturated rings. The second kappa shape index (κ2) is 5.19. The highest BCUT2D eigenvalue weighted by molar-refractivity contribution is 5.28. The third-order valence-electron chi connectivity index (χ3n) is 4.73. The first-order valence-electron chi connectivity index (χ1n) is 7.28. The summed E-state index contributed by atoms with van der Waals surface area (Å²) in [4.78, 5) is 4.62. The zero-order valence-electron chi connectivity index (χ0n) is 11.6. The average Bonchev–Trinajstić information content (AvgIpc) is 2.87. The Morgan fingerprint density at radius 1 is 1.53 bits per heavy atom. The van der Waals surface area contributed by atoms with Crippen LogP contribution in [0.1, 0.15) is 49.8 Å². The summed E-state index contributed by atoms with van der Waals surface area (Å²) in [6.07, 6.45) is 7.56. The Balaban J connectivity index is 1.92. The van der Waals surface area contributed by atoms with Crippen LogP contribution >= 0.6 is 0 Å². The highest BCUT2D eigenvalue weighted by atomic mass is 16.5. The molecule has 2 aliphatic rings. The van der Waals surface area contributed by atoms with Gasteiger partial charge in [0.15, 0.2) is 0 Å². The van der Waals surface area contributed by atoms with Gasteiger partial charge in [-0.3, -0.25) is 16.3 Å². The molecule has 0 amide bonds. The zero-order chi connectivity index (χ0) is 13.3. The maximum Gasteiger partial charge on any atom is 0.0827 e. The van der Waals surface area contributed by atoms with Crippen molar-refractivity contribution >= 4 is 0 Å². The van der Waals surface area contributed by atoms with Crippen molar-refractivity contribution in [1.82, 2.24) is 10.4 Å². The number of nitrogens with zero attached hydrogens (tertiary/aromatic N) is 1. The van der Waals surface area contributed by atoms with Crippen molar-refractivity contribution in [3.63, 3.8) is 0 Å². The number of fused-ring (bicyclic) bond motifs is 1. The smallest absolute Gasteiger partial charge is 0.0827 e. The topological polar surface area (TPSA) is 60.2 Å². The molecule has 0 spiro atoms. The lowest BCUT2D eigenvalue weighted by Gasteiger charge is -2.40. The Bertz CT molecular complexity index is 443. The predicted molar refractivity (Wildman–Crippen MR) is 74.6 cm³/mol. The lowest BCUT2D eigenvalue weighted by Crippen LogP contribution is -2.55. The van der Waals surface area contributed by atoms with Gasteiger partial charge in [-0.15, -0.1) is 0 Å². The van der Waals surface area contributed by atoms with Gasteiger partial charge in [0.25, 0.3) is 0 Å². The molecule has 1 aliphatic carbocycles. The molecule has 3 rings (SSSR count). The van der Waals surface area contributed by atoms with Crippen LogP contribution < -0.4 is 11.3 Å². The summed E-state index contributed by atoms with van der Waals surface area (Å²) in [5, 5.41) is 0. The molecule has 1 aromatic rings. The third kappa shape index (κ3) is 2.29. The van der Waals surface area contributed by atoms with Crippen LogP contribution in [0.15, 0.2) is 18.3 Å². The fraction of sp³-hybridized carbons (Fsp3) is 0.667. The average molecular weight is 261 g/mol. The number of ether oxygens (including phenoxy) is 1. The minimum Gasteiger partial charge on any atom is -0.374 e. The molecule has 0 radical (unpaired) electrons. The number of hydrazine groups is 1. The minimum absolute atomic E-state index is 0.143. The van der Waals surface area contributed by atoms with Crippen molar-refractivity contribution in [2.24, 2.45) is 5.84 Å². The van der Waals surface area contributed by atoms with E-state index in [-0.39, 0.29) is 11.6 Å². The van der Waals surface area contributed by atoms with Gasteiger partial charge in [0.2, 0.25) is 0 Å². The van der Waals surface area contributed by atoms with Crippen LogP contribution in [-0.4, -0.2) is 23.2 Å². The van der Waals surface area contributed by atoms with Crippen molar-refractivity contribution in [2.45, 2.75) is 56.6 Å².